The molecule has 0 aliphatic rings. The zero-order chi connectivity index (χ0) is 9.80. The monoisotopic (exact) mass is 189 g/mol. The summed E-state index contributed by atoms with van der Waals surface area (Å²) in [5.74, 6) is 0.798. The number of aliphatic hydroxyl groups is 1. The number of aromatic nitrogens is 3. The van der Waals surface area contributed by atoms with Gasteiger partial charge < -0.3 is 10.1 Å². The van der Waals surface area contributed by atoms with Crippen LogP contribution < -0.4 is 0 Å². The minimum absolute atomic E-state index is 0.111. The molecule has 2 rings (SSSR count). The minimum Gasteiger partial charge on any atom is -0.396 e. The maximum Gasteiger partial charge on any atom is 0.108 e. The van der Waals surface area contributed by atoms with Gasteiger partial charge in [-0.2, -0.15) is 0 Å². The van der Waals surface area contributed by atoms with Crippen molar-refractivity contribution < 1.29 is 5.11 Å². The molecular formula is C10H11N3O. The summed E-state index contributed by atoms with van der Waals surface area (Å²) in [6.07, 6.45) is 5.81. The molecule has 4 heteroatoms. The number of aromatic amines is 1. The second-order valence-corrected chi connectivity index (χ2v) is 2.96. The molecule has 0 aromatic carbocycles. The Bertz CT molecular complexity index is 397. The lowest BCUT2D eigenvalue weighted by Gasteiger charge is -1.94. The predicted octanol–water partition coefficient (Wildman–Crippen LogP) is 1.01. The van der Waals surface area contributed by atoms with Gasteiger partial charge in [-0.25, -0.2) is 4.98 Å². The predicted molar refractivity (Wildman–Crippen MR) is 52.6 cm³/mol. The van der Waals surface area contributed by atoms with E-state index in [-0.39, 0.29) is 6.61 Å². The molecule has 0 fully saturated rings. The molecule has 14 heavy (non-hydrogen) atoms. The Morgan fingerprint density at radius 2 is 2.29 bits per heavy atom. The topological polar surface area (TPSA) is 61.8 Å². The van der Waals surface area contributed by atoms with Gasteiger partial charge in [0.15, 0.2) is 0 Å². The highest BCUT2D eigenvalue weighted by Gasteiger charge is 2.01. The van der Waals surface area contributed by atoms with E-state index >= 15 is 0 Å². The molecule has 0 atom stereocenters. The summed E-state index contributed by atoms with van der Waals surface area (Å²) in [4.78, 5) is 11.3. The number of rotatable bonds is 3. The van der Waals surface area contributed by atoms with Gasteiger partial charge in [-0.15, -0.1) is 0 Å². The molecule has 0 amide bonds. The number of pyridine rings is 1. The number of H-pyrrole nitrogens is 1. The molecule has 0 spiro atoms. The van der Waals surface area contributed by atoms with E-state index in [0.717, 1.165) is 17.1 Å². The molecule has 0 aliphatic carbocycles. The average Bonchev–Trinajstić information content (AvgIpc) is 2.68. The highest BCUT2D eigenvalue weighted by atomic mass is 16.3. The maximum atomic E-state index is 8.73. The molecule has 2 aromatic rings. The van der Waals surface area contributed by atoms with Crippen LogP contribution in [0.3, 0.4) is 0 Å². The smallest absolute Gasteiger partial charge is 0.108 e. The first-order valence-electron chi connectivity index (χ1n) is 4.45. The third kappa shape index (κ3) is 1.80. The lowest BCUT2D eigenvalue weighted by Crippen LogP contribution is -1.92. The van der Waals surface area contributed by atoms with E-state index in [1.165, 1.54) is 0 Å². The van der Waals surface area contributed by atoms with Crippen molar-refractivity contribution in [3.8, 4) is 11.3 Å². The van der Waals surface area contributed by atoms with Crippen molar-refractivity contribution in [1.29, 1.82) is 0 Å². The Hall–Kier alpha value is -1.68. The van der Waals surface area contributed by atoms with Crippen molar-refractivity contribution in [3.05, 3.63) is 36.5 Å². The van der Waals surface area contributed by atoms with Crippen molar-refractivity contribution >= 4 is 0 Å². The van der Waals surface area contributed by atoms with E-state index in [1.807, 2.05) is 12.1 Å². The van der Waals surface area contributed by atoms with Gasteiger partial charge in [-0.3, -0.25) is 4.98 Å². The number of hydrogen-bond acceptors (Lipinski definition) is 3. The van der Waals surface area contributed by atoms with Crippen LogP contribution in [0.4, 0.5) is 0 Å². The first-order chi connectivity index (χ1) is 6.90. The van der Waals surface area contributed by atoms with Gasteiger partial charge in [0.1, 0.15) is 5.82 Å². The fourth-order valence-corrected chi connectivity index (χ4v) is 1.26. The number of aliphatic hydroxyl groups excluding tert-OH is 1. The molecule has 2 heterocycles. The Balaban J connectivity index is 2.25. The summed E-state index contributed by atoms with van der Waals surface area (Å²) >= 11 is 0. The summed E-state index contributed by atoms with van der Waals surface area (Å²) in [6, 6.07) is 3.84. The zero-order valence-corrected chi connectivity index (χ0v) is 7.64. The van der Waals surface area contributed by atoms with Gasteiger partial charge in [-0.1, -0.05) is 0 Å². The van der Waals surface area contributed by atoms with E-state index in [0.29, 0.717) is 6.42 Å². The highest BCUT2D eigenvalue weighted by Crippen LogP contribution is 2.14. The largest absolute Gasteiger partial charge is 0.396 e. The van der Waals surface area contributed by atoms with E-state index in [4.69, 9.17) is 5.11 Å². The molecule has 72 valence electrons. The average molecular weight is 189 g/mol. The van der Waals surface area contributed by atoms with Crippen LogP contribution in [-0.4, -0.2) is 26.7 Å². The second-order valence-electron chi connectivity index (χ2n) is 2.96. The fraction of sp³-hybridized carbons (Fsp3) is 0.200. The van der Waals surface area contributed by atoms with Gasteiger partial charge in [0.05, 0.1) is 18.5 Å². The molecule has 0 radical (unpaired) electrons. The first kappa shape index (κ1) is 8.90. The van der Waals surface area contributed by atoms with Gasteiger partial charge >= 0.3 is 0 Å². The van der Waals surface area contributed by atoms with Crippen LogP contribution in [0.25, 0.3) is 11.3 Å². The summed E-state index contributed by atoms with van der Waals surface area (Å²) < 4.78 is 0. The van der Waals surface area contributed by atoms with Crippen LogP contribution >= 0.6 is 0 Å². The second kappa shape index (κ2) is 4.02. The molecule has 2 N–H and O–H groups in total. The van der Waals surface area contributed by atoms with Gasteiger partial charge in [0.25, 0.3) is 0 Å². The molecule has 2 aromatic heterocycles. The van der Waals surface area contributed by atoms with E-state index in [9.17, 15) is 0 Å². The molecule has 0 aliphatic heterocycles. The minimum atomic E-state index is 0.111. The van der Waals surface area contributed by atoms with Crippen molar-refractivity contribution in [3.63, 3.8) is 0 Å². The lowest BCUT2D eigenvalue weighted by atomic mass is 10.2. The number of nitrogens with zero attached hydrogens (tertiary/aromatic N) is 2. The third-order valence-corrected chi connectivity index (χ3v) is 1.95. The first-order valence-corrected chi connectivity index (χ1v) is 4.45. The molecule has 0 bridgehead atoms. The number of imidazole rings is 1. The summed E-state index contributed by atoms with van der Waals surface area (Å²) in [5.41, 5.74) is 1.94. The quantitative estimate of drug-likeness (QED) is 0.757. The fourth-order valence-electron chi connectivity index (χ4n) is 1.26. The number of hydrogen-bond donors (Lipinski definition) is 2. The number of nitrogens with one attached hydrogen (secondary N) is 1. The zero-order valence-electron chi connectivity index (χ0n) is 7.64. The Morgan fingerprint density at radius 1 is 1.36 bits per heavy atom. The standard InChI is InChI=1S/C10H11N3O/c14-5-3-10-12-7-9(13-10)8-2-1-4-11-6-8/h1-2,4,6-7,14H,3,5H2,(H,12,13). The molecule has 4 nitrogen and oxygen atoms in total. The van der Waals surface area contributed by atoms with E-state index in [2.05, 4.69) is 15.0 Å². The SMILES string of the molecule is OCCc1ncc(-c2cccnc2)[nH]1. The van der Waals surface area contributed by atoms with Gasteiger partial charge in [0, 0.05) is 24.4 Å². The molecule has 0 saturated carbocycles. The van der Waals surface area contributed by atoms with Crippen molar-refractivity contribution in [2.24, 2.45) is 0 Å². The lowest BCUT2D eigenvalue weighted by molar-refractivity contribution is 0.297. The summed E-state index contributed by atoms with van der Waals surface area (Å²) in [6.45, 7) is 0.111. The van der Waals surface area contributed by atoms with Crippen LogP contribution in [0.1, 0.15) is 5.82 Å². The van der Waals surface area contributed by atoms with E-state index in [1.54, 1.807) is 18.6 Å². The van der Waals surface area contributed by atoms with Crippen molar-refractivity contribution in [2.45, 2.75) is 6.42 Å². The van der Waals surface area contributed by atoms with Crippen LogP contribution in [0.5, 0.6) is 0 Å². The Labute approximate surface area is 81.7 Å². The van der Waals surface area contributed by atoms with Gasteiger partial charge in [0.2, 0.25) is 0 Å². The molecular weight excluding hydrogens is 178 g/mol. The Kier molecular flexibility index (Phi) is 2.55. The van der Waals surface area contributed by atoms with Crippen LogP contribution in [0.15, 0.2) is 30.7 Å². The maximum absolute atomic E-state index is 8.73. The van der Waals surface area contributed by atoms with Crippen LogP contribution in [-0.2, 0) is 6.42 Å². The highest BCUT2D eigenvalue weighted by molar-refractivity contribution is 5.56. The van der Waals surface area contributed by atoms with Crippen molar-refractivity contribution in [1.82, 2.24) is 15.0 Å². The van der Waals surface area contributed by atoms with Gasteiger partial charge in [-0.05, 0) is 12.1 Å². The molecule has 0 unspecified atom stereocenters. The Morgan fingerprint density at radius 3 is 3.00 bits per heavy atom. The van der Waals surface area contributed by atoms with Crippen LogP contribution in [0.2, 0.25) is 0 Å². The summed E-state index contributed by atoms with van der Waals surface area (Å²) in [7, 11) is 0. The third-order valence-electron chi connectivity index (χ3n) is 1.95. The molecule has 0 saturated heterocycles. The normalized spacial score (nSPS) is 10.4. The van der Waals surface area contributed by atoms with E-state index < -0.39 is 0 Å². The van der Waals surface area contributed by atoms with Crippen molar-refractivity contribution in [2.75, 3.05) is 6.61 Å². The summed E-state index contributed by atoms with van der Waals surface area (Å²) in [5, 5.41) is 8.73. The van der Waals surface area contributed by atoms with Crippen LogP contribution in [0, 0.1) is 0 Å².